The number of nitrogens with one attached hydrogen (secondary N) is 5. The molecule has 7 aliphatic rings. The molecule has 4 aromatic heterocycles. The molecule has 5 saturated heterocycles. The number of aromatic nitrogens is 6. The number of anilines is 7. The molecule has 2 saturated carbocycles. The number of piperidine rings is 1. The van der Waals surface area contributed by atoms with E-state index in [0.29, 0.717) is 69.6 Å². The van der Waals surface area contributed by atoms with Crippen LogP contribution in [0.1, 0.15) is 103 Å². The molecule has 2 amide bonds. The second kappa shape index (κ2) is 25.9. The van der Waals surface area contributed by atoms with Crippen LogP contribution in [0.25, 0.3) is 22.8 Å². The van der Waals surface area contributed by atoms with Crippen LogP contribution in [-0.2, 0) is 27.2 Å². The van der Waals surface area contributed by atoms with Crippen molar-refractivity contribution < 1.29 is 23.8 Å². The first kappa shape index (κ1) is 57.7. The molecule has 0 atom stereocenters. The highest BCUT2D eigenvalue weighted by molar-refractivity contribution is 5.99. The van der Waals surface area contributed by atoms with E-state index in [2.05, 4.69) is 101 Å². The molecule has 0 unspecified atom stereocenters. The van der Waals surface area contributed by atoms with Gasteiger partial charge in [-0.05, 0) is 147 Å². The standard InChI is InChI=1S/C65H82N16O5/c1-2-45-37-47(71-61-56(58(66)82)74-54(51-7-3-5-21-67-51)59(76-61)72-48-38-64(39-48)17-31-84-32-18-64)13-14-53(45)81-23-15-50(16-24-81)80-27-25-79(26-28-80)43-69-63(83)57-62(70-46-11-9-44(10-12-46)42-78-29-35-86-36-30-78)77-60(55(75-57)52-8-4-6-22-68-52)73-49-40-65(41-49)19-33-85-34-20-65/h3-14,21-22,37,48-50H,2,15-20,23-36,38-43H2,1H3,(H2,66,82)(H,69,83)(H2,70,73,77)(H2,71,72,76). The van der Waals surface area contributed by atoms with Crippen molar-refractivity contribution in [2.75, 3.05) is 125 Å². The highest BCUT2D eigenvalue weighted by Crippen LogP contribution is 2.51. The molecule has 2 aliphatic carbocycles. The Morgan fingerprint density at radius 1 is 0.593 bits per heavy atom. The van der Waals surface area contributed by atoms with Crippen molar-refractivity contribution in [1.82, 2.24) is 49.9 Å². The number of nitrogens with two attached hydrogens (primary N) is 1. The number of piperazine rings is 1. The topological polar surface area (TPSA) is 238 Å². The van der Waals surface area contributed by atoms with Crippen LogP contribution in [-0.4, -0.2) is 173 Å². The summed E-state index contributed by atoms with van der Waals surface area (Å²) in [4.78, 5) is 67.0. The van der Waals surface area contributed by atoms with E-state index >= 15 is 0 Å². The number of nitrogens with zero attached hydrogens (tertiary/aromatic N) is 10. The molecule has 0 bridgehead atoms. The number of carbonyl (C=O) groups excluding carboxylic acids is 2. The lowest BCUT2D eigenvalue weighted by Crippen LogP contribution is -2.55. The van der Waals surface area contributed by atoms with Crippen molar-refractivity contribution in [3.8, 4) is 22.8 Å². The summed E-state index contributed by atoms with van der Waals surface area (Å²) in [5, 5.41) is 17.6. The monoisotopic (exact) mass is 1170 g/mol. The maximum absolute atomic E-state index is 14.6. The number of hydrogen-bond acceptors (Lipinski definition) is 19. The molecule has 13 rings (SSSR count). The summed E-state index contributed by atoms with van der Waals surface area (Å²) in [6.07, 6.45) is 14.8. The van der Waals surface area contributed by atoms with Gasteiger partial charge in [0.2, 0.25) is 0 Å². The Kier molecular flexibility index (Phi) is 17.4. The number of aryl methyl sites for hydroxylation is 1. The fraction of sp³-hybridized carbons (Fsp3) is 0.508. The molecule has 86 heavy (non-hydrogen) atoms. The number of ether oxygens (including phenoxy) is 3. The zero-order valence-corrected chi connectivity index (χ0v) is 49.6. The molecule has 9 heterocycles. The first-order valence-corrected chi connectivity index (χ1v) is 31.3. The van der Waals surface area contributed by atoms with E-state index in [1.165, 1.54) is 16.8 Å². The number of pyridine rings is 2. The lowest BCUT2D eigenvalue weighted by molar-refractivity contribution is -0.0344. The molecule has 21 heteroatoms. The number of carbonyl (C=O) groups is 2. The minimum atomic E-state index is -0.666. The summed E-state index contributed by atoms with van der Waals surface area (Å²) >= 11 is 0. The third kappa shape index (κ3) is 13.1. The van der Waals surface area contributed by atoms with Crippen LogP contribution in [0.2, 0.25) is 0 Å². The van der Waals surface area contributed by atoms with Crippen molar-refractivity contribution in [1.29, 1.82) is 0 Å². The van der Waals surface area contributed by atoms with E-state index in [1.54, 1.807) is 12.4 Å². The van der Waals surface area contributed by atoms with Gasteiger partial charge in [0.1, 0.15) is 11.4 Å². The maximum Gasteiger partial charge on any atom is 0.274 e. The summed E-state index contributed by atoms with van der Waals surface area (Å²) in [5.74, 6) is 0.940. The normalized spacial score (nSPS) is 21.1. The second-order valence-corrected chi connectivity index (χ2v) is 24.8. The number of primary amides is 1. The molecule has 2 aromatic carbocycles. The fourth-order valence-corrected chi connectivity index (χ4v) is 14.2. The van der Waals surface area contributed by atoms with Crippen LogP contribution in [0.4, 0.5) is 40.3 Å². The molecule has 5 aliphatic heterocycles. The molecular formula is C65H82N16O5. The van der Waals surface area contributed by atoms with Gasteiger partial charge in [0.25, 0.3) is 11.8 Å². The van der Waals surface area contributed by atoms with E-state index in [1.807, 2.05) is 36.4 Å². The van der Waals surface area contributed by atoms with Crippen LogP contribution < -0.4 is 37.2 Å². The quantitative estimate of drug-likeness (QED) is 0.0449. The van der Waals surface area contributed by atoms with Gasteiger partial charge < -0.3 is 51.4 Å². The lowest BCUT2D eigenvalue weighted by atomic mass is 9.61. The van der Waals surface area contributed by atoms with Crippen LogP contribution in [0, 0.1) is 10.8 Å². The third-order valence-electron chi connectivity index (χ3n) is 19.2. The number of morpholine rings is 1. The van der Waals surface area contributed by atoms with Gasteiger partial charge in [-0.3, -0.25) is 34.3 Å². The Bertz CT molecular complexity index is 3290. The van der Waals surface area contributed by atoms with E-state index in [9.17, 15) is 9.59 Å². The van der Waals surface area contributed by atoms with Crippen molar-refractivity contribution >= 4 is 52.1 Å². The minimum absolute atomic E-state index is 0.0623. The van der Waals surface area contributed by atoms with Gasteiger partial charge in [-0.15, -0.1) is 0 Å². The summed E-state index contributed by atoms with van der Waals surface area (Å²) < 4.78 is 17.0. The smallest absolute Gasteiger partial charge is 0.274 e. The molecule has 452 valence electrons. The van der Waals surface area contributed by atoms with Gasteiger partial charge in [-0.1, -0.05) is 31.2 Å². The summed E-state index contributed by atoms with van der Waals surface area (Å²) in [6.45, 7) is 15.4. The van der Waals surface area contributed by atoms with Crippen molar-refractivity contribution in [2.45, 2.75) is 102 Å². The van der Waals surface area contributed by atoms with Crippen LogP contribution >= 0.6 is 0 Å². The lowest BCUT2D eigenvalue weighted by Gasteiger charge is -2.50. The van der Waals surface area contributed by atoms with Gasteiger partial charge >= 0.3 is 0 Å². The van der Waals surface area contributed by atoms with E-state index in [0.717, 1.165) is 181 Å². The number of rotatable bonds is 19. The third-order valence-corrected chi connectivity index (χ3v) is 19.2. The SMILES string of the molecule is CCc1cc(Nc2nc(NC3CC4(CCOCC4)C3)c(-c3ccccn3)nc2C(N)=O)ccc1N1CCC(N2CCN(CNC(=O)c3nc(-c4ccccn4)c(NC4CC5(CCOCC5)C4)nc3Nc3ccc(CN4CCOCC4)cc3)CC2)CC1. The summed E-state index contributed by atoms with van der Waals surface area (Å²) in [7, 11) is 0. The molecule has 7 fully saturated rings. The van der Waals surface area contributed by atoms with Crippen molar-refractivity contribution in [3.63, 3.8) is 0 Å². The summed E-state index contributed by atoms with van der Waals surface area (Å²) in [5.41, 5.74) is 14.5. The molecule has 21 nitrogen and oxygen atoms in total. The predicted molar refractivity (Wildman–Crippen MR) is 333 cm³/mol. The average molecular weight is 1170 g/mol. The minimum Gasteiger partial charge on any atom is -0.381 e. The first-order chi connectivity index (χ1) is 42.1. The molecular weight excluding hydrogens is 1080 g/mol. The fourth-order valence-electron chi connectivity index (χ4n) is 14.2. The molecule has 2 spiro atoms. The Labute approximate surface area is 504 Å². The molecule has 0 radical (unpaired) electrons. The maximum atomic E-state index is 14.6. The van der Waals surface area contributed by atoms with Crippen LogP contribution in [0.15, 0.2) is 91.3 Å². The van der Waals surface area contributed by atoms with Crippen molar-refractivity contribution in [3.05, 3.63) is 114 Å². The Morgan fingerprint density at radius 2 is 1.14 bits per heavy atom. The van der Waals surface area contributed by atoms with Gasteiger partial charge in [-0.2, -0.15) is 0 Å². The molecule has 7 N–H and O–H groups in total. The highest BCUT2D eigenvalue weighted by Gasteiger charge is 2.47. The first-order valence-electron chi connectivity index (χ1n) is 31.3. The Balaban J connectivity index is 0.642. The van der Waals surface area contributed by atoms with E-state index in [4.69, 9.17) is 44.9 Å². The van der Waals surface area contributed by atoms with Gasteiger partial charge in [-0.25, -0.2) is 19.9 Å². The highest BCUT2D eigenvalue weighted by atomic mass is 16.5. The second-order valence-electron chi connectivity index (χ2n) is 24.8. The van der Waals surface area contributed by atoms with E-state index in [-0.39, 0.29) is 29.4 Å². The zero-order chi connectivity index (χ0) is 58.5. The summed E-state index contributed by atoms with van der Waals surface area (Å²) in [6, 6.07) is 27.1. The van der Waals surface area contributed by atoms with Gasteiger partial charge in [0, 0.05) is 133 Å². The zero-order valence-electron chi connectivity index (χ0n) is 49.6. The largest absolute Gasteiger partial charge is 0.381 e. The predicted octanol–water partition coefficient (Wildman–Crippen LogP) is 8.09. The number of hydrogen-bond donors (Lipinski definition) is 6. The van der Waals surface area contributed by atoms with Crippen LogP contribution in [0.3, 0.4) is 0 Å². The van der Waals surface area contributed by atoms with E-state index < -0.39 is 5.91 Å². The Morgan fingerprint density at radius 3 is 1.70 bits per heavy atom. The Hall–Kier alpha value is -7.40. The van der Waals surface area contributed by atoms with Gasteiger partial charge in [0.05, 0.1) is 31.3 Å². The number of amides is 2. The van der Waals surface area contributed by atoms with Crippen LogP contribution in [0.5, 0.6) is 0 Å². The number of benzene rings is 2. The average Bonchev–Trinajstić information content (AvgIpc) is 2.14. The van der Waals surface area contributed by atoms with Gasteiger partial charge in [0.15, 0.2) is 34.7 Å². The molecule has 6 aromatic rings. The van der Waals surface area contributed by atoms with Crippen molar-refractivity contribution in [2.24, 2.45) is 16.6 Å².